The van der Waals surface area contributed by atoms with Crippen molar-refractivity contribution in [3.05, 3.63) is 200 Å². The molecule has 0 aliphatic rings. The Balaban J connectivity index is 1.13. The van der Waals surface area contributed by atoms with Crippen molar-refractivity contribution in [1.29, 1.82) is 0 Å². The highest BCUT2D eigenvalue weighted by Gasteiger charge is 2.19. The molecule has 0 unspecified atom stereocenters. The Labute approximate surface area is 318 Å². The third-order valence-corrected chi connectivity index (χ3v) is 11.0. The van der Waals surface area contributed by atoms with Crippen molar-refractivity contribution in [2.75, 3.05) is 0 Å². The number of fused-ring (bicyclic) bond motifs is 10. The standard InChI is InChI=1S/C52H33N3/c1-4-14-34(15-5-1)35-24-26-36(27-25-35)46-33-47(54-52(53-46)37-16-6-2-7-17-37)38-28-29-41-43-30-31-49-51(50(43)42-21-11-10-20-40(42)45(41)32-38)44-22-12-13-23-48(44)55(49)39-18-8-3-9-19-39/h1-33H. The van der Waals surface area contributed by atoms with Crippen molar-refractivity contribution < 1.29 is 0 Å². The number of hydrogen-bond acceptors (Lipinski definition) is 2. The Bertz CT molecular complexity index is 3200. The molecule has 2 heterocycles. The number of benzene rings is 9. The van der Waals surface area contributed by atoms with E-state index in [1.54, 1.807) is 0 Å². The van der Waals surface area contributed by atoms with Crippen molar-refractivity contribution in [3.63, 3.8) is 0 Å². The van der Waals surface area contributed by atoms with E-state index >= 15 is 0 Å². The second kappa shape index (κ2) is 12.6. The summed E-state index contributed by atoms with van der Waals surface area (Å²) in [5, 5.41) is 9.98. The van der Waals surface area contributed by atoms with Gasteiger partial charge in [-0.3, -0.25) is 0 Å². The van der Waals surface area contributed by atoms with Crippen molar-refractivity contribution in [3.8, 4) is 50.7 Å². The summed E-state index contributed by atoms with van der Waals surface area (Å²) in [6.07, 6.45) is 0. The van der Waals surface area contributed by atoms with Crippen molar-refractivity contribution in [2.24, 2.45) is 0 Å². The third kappa shape index (κ3) is 5.13. The zero-order chi connectivity index (χ0) is 36.3. The largest absolute Gasteiger partial charge is 0.309 e. The highest BCUT2D eigenvalue weighted by Crippen LogP contribution is 2.44. The van der Waals surface area contributed by atoms with Crippen LogP contribution in [0.4, 0.5) is 0 Å². The van der Waals surface area contributed by atoms with E-state index in [0.717, 1.165) is 33.8 Å². The molecule has 3 heteroatoms. The molecule has 256 valence electrons. The van der Waals surface area contributed by atoms with Gasteiger partial charge in [0.25, 0.3) is 0 Å². The molecule has 11 aromatic rings. The van der Waals surface area contributed by atoms with Crippen LogP contribution in [0.25, 0.3) is 105 Å². The van der Waals surface area contributed by atoms with Crippen LogP contribution in [0.3, 0.4) is 0 Å². The van der Waals surface area contributed by atoms with Gasteiger partial charge in [0.05, 0.1) is 22.4 Å². The molecule has 0 spiro atoms. The molecule has 0 radical (unpaired) electrons. The normalized spacial score (nSPS) is 11.6. The minimum Gasteiger partial charge on any atom is -0.309 e. The van der Waals surface area contributed by atoms with Crippen molar-refractivity contribution in [2.45, 2.75) is 0 Å². The number of nitrogens with zero attached hydrogens (tertiary/aromatic N) is 3. The van der Waals surface area contributed by atoms with E-state index in [1.165, 1.54) is 65.3 Å². The summed E-state index contributed by atoms with van der Waals surface area (Å²) in [5.74, 6) is 0.709. The summed E-state index contributed by atoms with van der Waals surface area (Å²) >= 11 is 0. The molecular weight excluding hydrogens is 667 g/mol. The number of hydrogen-bond donors (Lipinski definition) is 0. The smallest absolute Gasteiger partial charge is 0.160 e. The van der Waals surface area contributed by atoms with Gasteiger partial charge < -0.3 is 4.57 Å². The fourth-order valence-electron chi connectivity index (χ4n) is 8.44. The fourth-order valence-corrected chi connectivity index (χ4v) is 8.44. The van der Waals surface area contributed by atoms with Gasteiger partial charge in [-0.15, -0.1) is 0 Å². The SMILES string of the molecule is c1ccc(-c2ccc(-c3cc(-c4ccc5c(c4)c4ccccc4c4c5ccc5c4c4ccccc4n5-c4ccccc4)nc(-c4ccccc4)n3)cc2)cc1. The molecule has 55 heavy (non-hydrogen) atoms. The molecule has 0 saturated carbocycles. The number of rotatable bonds is 5. The van der Waals surface area contributed by atoms with E-state index in [9.17, 15) is 0 Å². The first kappa shape index (κ1) is 31.2. The van der Waals surface area contributed by atoms with Gasteiger partial charge in [-0.1, -0.05) is 164 Å². The second-order valence-corrected chi connectivity index (χ2v) is 14.1. The molecule has 9 aromatic carbocycles. The molecule has 0 aliphatic carbocycles. The Morgan fingerprint density at radius 2 is 0.800 bits per heavy atom. The van der Waals surface area contributed by atoms with E-state index < -0.39 is 0 Å². The van der Waals surface area contributed by atoms with Crippen molar-refractivity contribution in [1.82, 2.24) is 14.5 Å². The minimum absolute atomic E-state index is 0.709. The Morgan fingerprint density at radius 1 is 0.291 bits per heavy atom. The van der Waals surface area contributed by atoms with Gasteiger partial charge in [0.2, 0.25) is 0 Å². The van der Waals surface area contributed by atoms with Gasteiger partial charge in [-0.2, -0.15) is 0 Å². The Hall–Kier alpha value is -7.36. The van der Waals surface area contributed by atoms with Gasteiger partial charge in [0.15, 0.2) is 5.82 Å². The molecule has 11 rings (SSSR count). The van der Waals surface area contributed by atoms with E-state index in [0.29, 0.717) is 5.82 Å². The Kier molecular flexibility index (Phi) is 7.17. The summed E-state index contributed by atoms with van der Waals surface area (Å²) in [6.45, 7) is 0. The average Bonchev–Trinajstić information content (AvgIpc) is 3.61. The zero-order valence-corrected chi connectivity index (χ0v) is 29.9. The van der Waals surface area contributed by atoms with Gasteiger partial charge in [0, 0.05) is 38.5 Å². The summed E-state index contributed by atoms with van der Waals surface area (Å²) in [4.78, 5) is 10.3. The van der Waals surface area contributed by atoms with E-state index in [-0.39, 0.29) is 0 Å². The van der Waals surface area contributed by atoms with Crippen LogP contribution >= 0.6 is 0 Å². The summed E-state index contributed by atoms with van der Waals surface area (Å²) in [5.41, 5.74) is 10.8. The molecule has 2 aromatic heterocycles. The molecular formula is C52H33N3. The van der Waals surface area contributed by atoms with Crippen LogP contribution in [-0.2, 0) is 0 Å². The van der Waals surface area contributed by atoms with Crippen LogP contribution in [-0.4, -0.2) is 14.5 Å². The first-order chi connectivity index (χ1) is 27.3. The van der Waals surface area contributed by atoms with Crippen LogP contribution in [0.15, 0.2) is 200 Å². The fraction of sp³-hybridized carbons (Fsp3) is 0. The Morgan fingerprint density at radius 3 is 1.55 bits per heavy atom. The quantitative estimate of drug-likeness (QED) is 0.167. The molecule has 0 amide bonds. The van der Waals surface area contributed by atoms with Crippen LogP contribution in [0.2, 0.25) is 0 Å². The number of para-hydroxylation sites is 2. The maximum atomic E-state index is 5.21. The molecule has 0 atom stereocenters. The lowest BCUT2D eigenvalue weighted by Gasteiger charge is -2.14. The van der Waals surface area contributed by atoms with Gasteiger partial charge in [-0.05, 0) is 74.5 Å². The first-order valence-corrected chi connectivity index (χ1v) is 18.7. The van der Waals surface area contributed by atoms with Crippen LogP contribution in [0.5, 0.6) is 0 Å². The molecule has 0 N–H and O–H groups in total. The van der Waals surface area contributed by atoms with Crippen LogP contribution in [0, 0.1) is 0 Å². The summed E-state index contributed by atoms with van der Waals surface area (Å²) < 4.78 is 2.40. The monoisotopic (exact) mass is 699 g/mol. The predicted molar refractivity (Wildman–Crippen MR) is 231 cm³/mol. The zero-order valence-electron chi connectivity index (χ0n) is 29.9. The molecule has 3 nitrogen and oxygen atoms in total. The molecule has 0 saturated heterocycles. The van der Waals surface area contributed by atoms with Crippen LogP contribution < -0.4 is 0 Å². The van der Waals surface area contributed by atoms with E-state index in [4.69, 9.17) is 9.97 Å². The second-order valence-electron chi connectivity index (χ2n) is 14.1. The summed E-state index contributed by atoms with van der Waals surface area (Å²) in [6, 6.07) is 71.4. The maximum absolute atomic E-state index is 5.21. The predicted octanol–water partition coefficient (Wildman–Crippen LogP) is 13.7. The molecule has 0 aliphatic heterocycles. The maximum Gasteiger partial charge on any atom is 0.160 e. The number of aromatic nitrogens is 3. The van der Waals surface area contributed by atoms with E-state index in [2.05, 4.69) is 180 Å². The highest BCUT2D eigenvalue weighted by molar-refractivity contribution is 6.35. The molecule has 0 fully saturated rings. The lowest BCUT2D eigenvalue weighted by Crippen LogP contribution is -1.96. The van der Waals surface area contributed by atoms with Crippen LogP contribution in [0.1, 0.15) is 0 Å². The lowest BCUT2D eigenvalue weighted by atomic mass is 9.90. The lowest BCUT2D eigenvalue weighted by molar-refractivity contribution is 1.18. The minimum atomic E-state index is 0.709. The van der Waals surface area contributed by atoms with E-state index in [1.807, 2.05) is 24.3 Å². The average molecular weight is 700 g/mol. The highest BCUT2D eigenvalue weighted by atomic mass is 15.0. The topological polar surface area (TPSA) is 30.7 Å². The van der Waals surface area contributed by atoms with Crippen molar-refractivity contribution >= 4 is 54.1 Å². The third-order valence-electron chi connectivity index (χ3n) is 11.0. The molecule has 0 bridgehead atoms. The van der Waals surface area contributed by atoms with Gasteiger partial charge in [0.1, 0.15) is 0 Å². The summed E-state index contributed by atoms with van der Waals surface area (Å²) in [7, 11) is 0. The van der Waals surface area contributed by atoms with Gasteiger partial charge >= 0.3 is 0 Å². The first-order valence-electron chi connectivity index (χ1n) is 18.7. The van der Waals surface area contributed by atoms with Gasteiger partial charge in [-0.25, -0.2) is 9.97 Å².